The molecule has 2 aromatic rings. The first-order valence-corrected chi connectivity index (χ1v) is 8.39. The average Bonchev–Trinajstić information content (AvgIpc) is 3.09. The van der Waals surface area contributed by atoms with E-state index in [2.05, 4.69) is 17.4 Å². The fourth-order valence-corrected chi connectivity index (χ4v) is 4.44. The van der Waals surface area contributed by atoms with Gasteiger partial charge in [-0.3, -0.25) is 4.79 Å². The predicted octanol–water partition coefficient (Wildman–Crippen LogP) is 3.35. The minimum Gasteiger partial charge on any atom is -0.396 e. The number of aliphatic hydroxyl groups is 1. The van der Waals surface area contributed by atoms with Gasteiger partial charge in [0.15, 0.2) is 0 Å². The quantitative estimate of drug-likeness (QED) is 0.910. The summed E-state index contributed by atoms with van der Waals surface area (Å²) in [7, 11) is 0. The zero-order valence-corrected chi connectivity index (χ0v) is 13.1. The van der Waals surface area contributed by atoms with E-state index in [1.165, 1.54) is 5.39 Å². The minimum atomic E-state index is 0.0253. The van der Waals surface area contributed by atoms with E-state index in [-0.39, 0.29) is 12.5 Å². The van der Waals surface area contributed by atoms with Gasteiger partial charge in [0.2, 0.25) is 0 Å². The molecule has 1 heterocycles. The summed E-state index contributed by atoms with van der Waals surface area (Å²) in [5, 5.41) is 13.6. The molecule has 21 heavy (non-hydrogen) atoms. The van der Waals surface area contributed by atoms with Gasteiger partial charge in [0.1, 0.15) is 0 Å². The van der Waals surface area contributed by atoms with Gasteiger partial charge < -0.3 is 10.4 Å². The van der Waals surface area contributed by atoms with Crippen LogP contribution in [-0.4, -0.2) is 24.2 Å². The zero-order valence-electron chi connectivity index (χ0n) is 12.3. The van der Waals surface area contributed by atoms with Crippen LogP contribution < -0.4 is 5.32 Å². The van der Waals surface area contributed by atoms with Crippen molar-refractivity contribution in [1.82, 2.24) is 5.32 Å². The van der Waals surface area contributed by atoms with Gasteiger partial charge in [-0.05, 0) is 48.6 Å². The van der Waals surface area contributed by atoms with Crippen LogP contribution in [0.4, 0.5) is 0 Å². The second-order valence-corrected chi connectivity index (χ2v) is 6.95. The standard InChI is InChI=1S/C17H21NO2S/c1-11-14-7-2-3-8-15(14)21-16(11)17(20)18-9-12-5-4-6-13(12)10-19/h2-3,7-8,12-13,19H,4-6,9-10H2,1H3,(H,18,20). The monoisotopic (exact) mass is 303 g/mol. The van der Waals surface area contributed by atoms with Gasteiger partial charge in [0, 0.05) is 17.9 Å². The second-order valence-electron chi connectivity index (χ2n) is 5.90. The van der Waals surface area contributed by atoms with Gasteiger partial charge in [-0.15, -0.1) is 11.3 Å². The Morgan fingerprint density at radius 1 is 1.33 bits per heavy atom. The highest BCUT2D eigenvalue weighted by Crippen LogP contribution is 2.32. The Hall–Kier alpha value is -1.39. The van der Waals surface area contributed by atoms with E-state index in [4.69, 9.17) is 0 Å². The SMILES string of the molecule is Cc1c(C(=O)NCC2CCCC2CO)sc2ccccc12. The van der Waals surface area contributed by atoms with E-state index >= 15 is 0 Å². The molecule has 0 bridgehead atoms. The number of thiophene rings is 1. The predicted molar refractivity (Wildman–Crippen MR) is 86.8 cm³/mol. The van der Waals surface area contributed by atoms with E-state index < -0.39 is 0 Å². The maximum absolute atomic E-state index is 12.4. The summed E-state index contributed by atoms with van der Waals surface area (Å²) in [6.45, 7) is 2.93. The third kappa shape index (κ3) is 2.83. The molecule has 1 saturated carbocycles. The Labute approximate surface area is 129 Å². The summed E-state index contributed by atoms with van der Waals surface area (Å²) in [5.41, 5.74) is 1.07. The highest BCUT2D eigenvalue weighted by molar-refractivity contribution is 7.21. The molecule has 0 radical (unpaired) electrons. The van der Waals surface area contributed by atoms with Crippen molar-refractivity contribution in [2.24, 2.45) is 11.8 Å². The molecule has 3 nitrogen and oxygen atoms in total. The number of benzene rings is 1. The maximum Gasteiger partial charge on any atom is 0.261 e. The number of rotatable bonds is 4. The first-order chi connectivity index (χ1) is 10.2. The van der Waals surface area contributed by atoms with Gasteiger partial charge >= 0.3 is 0 Å². The number of nitrogens with one attached hydrogen (secondary N) is 1. The van der Waals surface area contributed by atoms with E-state index in [9.17, 15) is 9.90 Å². The Morgan fingerprint density at radius 3 is 2.86 bits per heavy atom. The van der Waals surface area contributed by atoms with Crippen LogP contribution in [0.1, 0.15) is 34.5 Å². The largest absolute Gasteiger partial charge is 0.396 e. The lowest BCUT2D eigenvalue weighted by Crippen LogP contribution is -2.31. The molecule has 112 valence electrons. The van der Waals surface area contributed by atoms with Crippen LogP contribution >= 0.6 is 11.3 Å². The summed E-state index contributed by atoms with van der Waals surface area (Å²) in [6.07, 6.45) is 3.35. The number of fused-ring (bicyclic) bond motifs is 1. The average molecular weight is 303 g/mol. The minimum absolute atomic E-state index is 0.0253. The second kappa shape index (κ2) is 6.16. The van der Waals surface area contributed by atoms with Gasteiger partial charge in [0.25, 0.3) is 5.91 Å². The number of carbonyl (C=O) groups excluding carboxylic acids is 1. The number of hydrogen-bond donors (Lipinski definition) is 2. The molecule has 0 spiro atoms. The molecular weight excluding hydrogens is 282 g/mol. The van der Waals surface area contributed by atoms with Crippen LogP contribution in [-0.2, 0) is 0 Å². The van der Waals surface area contributed by atoms with Crippen LogP contribution in [0.3, 0.4) is 0 Å². The van der Waals surface area contributed by atoms with Crippen LogP contribution in [0.25, 0.3) is 10.1 Å². The van der Waals surface area contributed by atoms with E-state index in [1.807, 2.05) is 19.1 Å². The molecule has 2 atom stereocenters. The maximum atomic E-state index is 12.4. The lowest BCUT2D eigenvalue weighted by atomic mass is 9.97. The number of aryl methyl sites for hydroxylation is 1. The van der Waals surface area contributed by atoms with Crippen molar-refractivity contribution >= 4 is 27.3 Å². The number of amides is 1. The molecule has 1 amide bonds. The first kappa shape index (κ1) is 14.5. The summed E-state index contributed by atoms with van der Waals surface area (Å²) in [6, 6.07) is 8.14. The molecule has 2 unspecified atom stereocenters. The van der Waals surface area contributed by atoms with Gasteiger partial charge in [-0.25, -0.2) is 0 Å². The fourth-order valence-electron chi connectivity index (χ4n) is 3.32. The van der Waals surface area contributed by atoms with E-state index in [0.717, 1.165) is 34.4 Å². The van der Waals surface area contributed by atoms with Gasteiger partial charge in [-0.2, -0.15) is 0 Å². The van der Waals surface area contributed by atoms with Crippen LogP contribution in [0, 0.1) is 18.8 Å². The van der Waals surface area contributed by atoms with E-state index in [0.29, 0.717) is 18.4 Å². The van der Waals surface area contributed by atoms with Crippen LogP contribution in [0.5, 0.6) is 0 Å². The van der Waals surface area contributed by atoms with Crippen molar-refractivity contribution in [1.29, 1.82) is 0 Å². The Morgan fingerprint density at radius 2 is 2.10 bits per heavy atom. The molecular formula is C17H21NO2S. The summed E-state index contributed by atoms with van der Waals surface area (Å²) >= 11 is 1.56. The Bertz CT molecular complexity index is 649. The zero-order chi connectivity index (χ0) is 14.8. The molecule has 0 saturated heterocycles. The third-order valence-electron chi connectivity index (χ3n) is 4.63. The van der Waals surface area contributed by atoms with Crippen molar-refractivity contribution < 1.29 is 9.90 Å². The van der Waals surface area contributed by atoms with Crippen LogP contribution in [0.15, 0.2) is 24.3 Å². The molecule has 0 aliphatic heterocycles. The summed E-state index contributed by atoms with van der Waals surface area (Å²) in [5.74, 6) is 0.805. The van der Waals surface area contributed by atoms with Crippen molar-refractivity contribution in [2.75, 3.05) is 13.2 Å². The molecule has 1 aromatic heterocycles. The molecule has 1 fully saturated rings. The number of hydrogen-bond acceptors (Lipinski definition) is 3. The topological polar surface area (TPSA) is 49.3 Å². The number of carbonyl (C=O) groups is 1. The van der Waals surface area contributed by atoms with Crippen molar-refractivity contribution in [3.63, 3.8) is 0 Å². The molecule has 3 rings (SSSR count). The lowest BCUT2D eigenvalue weighted by Gasteiger charge is -2.17. The first-order valence-electron chi connectivity index (χ1n) is 7.58. The van der Waals surface area contributed by atoms with Crippen molar-refractivity contribution in [3.8, 4) is 0 Å². The third-order valence-corrected chi connectivity index (χ3v) is 5.90. The molecule has 1 aliphatic rings. The van der Waals surface area contributed by atoms with Crippen molar-refractivity contribution in [2.45, 2.75) is 26.2 Å². The van der Waals surface area contributed by atoms with E-state index in [1.54, 1.807) is 11.3 Å². The molecule has 1 aliphatic carbocycles. The molecule has 4 heteroatoms. The summed E-state index contributed by atoms with van der Waals surface area (Å²) in [4.78, 5) is 13.2. The van der Waals surface area contributed by atoms with Gasteiger partial charge in [-0.1, -0.05) is 24.6 Å². The highest BCUT2D eigenvalue weighted by Gasteiger charge is 2.27. The molecule has 2 N–H and O–H groups in total. The lowest BCUT2D eigenvalue weighted by molar-refractivity contribution is 0.0941. The number of aliphatic hydroxyl groups excluding tert-OH is 1. The summed E-state index contributed by atoms with van der Waals surface area (Å²) < 4.78 is 1.16. The highest BCUT2D eigenvalue weighted by atomic mass is 32.1. The smallest absolute Gasteiger partial charge is 0.261 e. The normalized spacial score (nSPS) is 21.8. The Kier molecular flexibility index (Phi) is 4.27. The fraction of sp³-hybridized carbons (Fsp3) is 0.471. The van der Waals surface area contributed by atoms with Crippen LogP contribution in [0.2, 0.25) is 0 Å². The van der Waals surface area contributed by atoms with Gasteiger partial charge in [0.05, 0.1) is 4.88 Å². The molecule has 1 aromatic carbocycles. The van der Waals surface area contributed by atoms with Crippen molar-refractivity contribution in [3.05, 3.63) is 34.7 Å². The Balaban J connectivity index is 1.71.